The highest BCUT2D eigenvalue weighted by molar-refractivity contribution is 5.94. The van der Waals surface area contributed by atoms with Crippen molar-refractivity contribution in [1.82, 2.24) is 4.90 Å². The molecule has 3 atom stereocenters. The van der Waals surface area contributed by atoms with Gasteiger partial charge in [-0.15, -0.1) is 0 Å². The van der Waals surface area contributed by atoms with E-state index in [1.807, 2.05) is 48.2 Å². The van der Waals surface area contributed by atoms with Gasteiger partial charge in [-0.1, -0.05) is 38.1 Å². The first-order valence-corrected chi connectivity index (χ1v) is 11.5. The minimum absolute atomic E-state index is 0.0126. The molecule has 1 aliphatic rings. The topological polar surface area (TPSA) is 59.8 Å². The lowest BCUT2D eigenvalue weighted by molar-refractivity contribution is -0.143. The molecule has 168 valence electrons. The Hall–Kier alpha value is -3.08. The average molecular weight is 434 g/mol. The lowest BCUT2D eigenvalue weighted by Gasteiger charge is -2.40. The number of nitrogens with zero attached hydrogens (tertiary/aromatic N) is 1. The second-order valence-corrected chi connectivity index (χ2v) is 8.84. The van der Waals surface area contributed by atoms with E-state index in [9.17, 15) is 9.59 Å². The smallest absolute Gasteiger partial charge is 0.336 e. The number of fused-ring (bicyclic) bond motifs is 1. The molecule has 4 rings (SSSR count). The van der Waals surface area contributed by atoms with Crippen molar-refractivity contribution in [1.29, 1.82) is 0 Å². The molecular formula is C27H31NO4. The Balaban J connectivity index is 1.61. The third kappa shape index (κ3) is 4.29. The van der Waals surface area contributed by atoms with E-state index in [0.29, 0.717) is 17.3 Å². The number of hydrogen-bond donors (Lipinski definition) is 0. The summed E-state index contributed by atoms with van der Waals surface area (Å²) in [6.07, 6.45) is 2.52. The van der Waals surface area contributed by atoms with Crippen molar-refractivity contribution >= 4 is 16.9 Å². The van der Waals surface area contributed by atoms with Crippen LogP contribution in [0.25, 0.3) is 22.1 Å². The molecular weight excluding hydrogens is 402 g/mol. The number of benzene rings is 2. The number of piperidine rings is 1. The monoisotopic (exact) mass is 433 g/mol. The van der Waals surface area contributed by atoms with Crippen molar-refractivity contribution in [2.75, 3.05) is 6.54 Å². The fourth-order valence-electron chi connectivity index (χ4n) is 4.95. The normalized spacial score (nSPS) is 19.7. The Morgan fingerprint density at radius 3 is 2.72 bits per heavy atom. The number of aryl methyl sites for hydroxylation is 1. The molecule has 1 saturated heterocycles. The summed E-state index contributed by atoms with van der Waals surface area (Å²) in [5, 5.41) is 0.834. The van der Waals surface area contributed by atoms with E-state index in [1.165, 1.54) is 6.07 Å². The number of amides is 1. The second-order valence-electron chi connectivity index (χ2n) is 8.84. The van der Waals surface area contributed by atoms with Crippen molar-refractivity contribution in [2.45, 2.75) is 59.1 Å². The molecule has 0 N–H and O–H groups in total. The van der Waals surface area contributed by atoms with Gasteiger partial charge in [-0.05, 0) is 62.3 Å². The molecule has 0 spiro atoms. The maximum Gasteiger partial charge on any atom is 0.336 e. The predicted molar refractivity (Wildman–Crippen MR) is 127 cm³/mol. The van der Waals surface area contributed by atoms with Crippen molar-refractivity contribution < 1.29 is 13.9 Å². The van der Waals surface area contributed by atoms with Crippen molar-refractivity contribution in [3.63, 3.8) is 0 Å². The van der Waals surface area contributed by atoms with Crippen LogP contribution in [0.15, 0.2) is 57.7 Å². The van der Waals surface area contributed by atoms with E-state index in [2.05, 4.69) is 13.8 Å². The fraction of sp³-hybridized carbons (Fsp3) is 0.407. The third-order valence-corrected chi connectivity index (χ3v) is 6.63. The van der Waals surface area contributed by atoms with Gasteiger partial charge in [-0.2, -0.15) is 0 Å². The fourth-order valence-corrected chi connectivity index (χ4v) is 4.95. The maximum absolute atomic E-state index is 13.1. The summed E-state index contributed by atoms with van der Waals surface area (Å²) in [6.45, 7) is 8.94. The first-order valence-electron chi connectivity index (χ1n) is 11.5. The summed E-state index contributed by atoms with van der Waals surface area (Å²) in [5.74, 6) is 1.03. The maximum atomic E-state index is 13.1. The van der Waals surface area contributed by atoms with Gasteiger partial charge in [-0.25, -0.2) is 4.79 Å². The lowest BCUT2D eigenvalue weighted by Crippen LogP contribution is -2.51. The molecule has 1 aromatic heterocycles. The third-order valence-electron chi connectivity index (χ3n) is 6.63. The molecule has 1 fully saturated rings. The van der Waals surface area contributed by atoms with Crippen molar-refractivity contribution in [2.24, 2.45) is 5.92 Å². The molecule has 2 heterocycles. The van der Waals surface area contributed by atoms with E-state index in [4.69, 9.17) is 9.15 Å². The molecule has 2 aromatic carbocycles. The van der Waals surface area contributed by atoms with Gasteiger partial charge in [0.1, 0.15) is 11.3 Å². The Labute approximate surface area is 189 Å². The van der Waals surface area contributed by atoms with Crippen LogP contribution in [0.1, 0.15) is 45.6 Å². The van der Waals surface area contributed by atoms with Crippen molar-refractivity contribution in [3.8, 4) is 16.9 Å². The molecule has 5 nitrogen and oxygen atoms in total. The summed E-state index contributed by atoms with van der Waals surface area (Å²) in [4.78, 5) is 27.4. The second kappa shape index (κ2) is 9.19. The number of carbonyl (C=O) groups is 1. The largest absolute Gasteiger partial charge is 0.481 e. The van der Waals surface area contributed by atoms with E-state index in [-0.39, 0.29) is 11.9 Å². The molecule has 1 amide bonds. The first kappa shape index (κ1) is 22.1. The average Bonchev–Trinajstić information content (AvgIpc) is 2.78. The summed E-state index contributed by atoms with van der Waals surface area (Å²) in [5.41, 5.74) is 2.95. The minimum atomic E-state index is -0.613. The van der Waals surface area contributed by atoms with Gasteiger partial charge in [0.05, 0.1) is 0 Å². The van der Waals surface area contributed by atoms with Crippen LogP contribution in [0.5, 0.6) is 5.75 Å². The number of rotatable bonds is 5. The minimum Gasteiger partial charge on any atom is -0.481 e. The Morgan fingerprint density at radius 2 is 1.97 bits per heavy atom. The van der Waals surface area contributed by atoms with E-state index in [0.717, 1.165) is 47.9 Å². The van der Waals surface area contributed by atoms with Crippen LogP contribution in [-0.2, 0) is 4.79 Å². The number of likely N-dealkylation sites (tertiary alicyclic amines) is 1. The van der Waals surface area contributed by atoms with Crippen LogP contribution < -0.4 is 10.4 Å². The standard InChI is InChI=1S/C27H31NO4/c1-5-24-18(3)10-8-14-28(24)27(30)19(4)31-20-12-13-22-23(16-26(29)32-25(22)15-20)21-11-7-6-9-17(21)2/h6-7,9,11-13,15-16,18-19,24H,5,8,10,14H2,1-4H3. The van der Waals surface area contributed by atoms with Crippen LogP contribution in [0.4, 0.5) is 0 Å². The number of ether oxygens (including phenoxy) is 1. The molecule has 0 bridgehead atoms. The molecule has 32 heavy (non-hydrogen) atoms. The Bertz CT molecular complexity index is 1180. The van der Waals surface area contributed by atoms with E-state index in [1.54, 1.807) is 13.0 Å². The lowest BCUT2D eigenvalue weighted by atomic mass is 9.89. The first-order chi connectivity index (χ1) is 15.4. The quantitative estimate of drug-likeness (QED) is 0.493. The zero-order valence-electron chi connectivity index (χ0n) is 19.3. The summed E-state index contributed by atoms with van der Waals surface area (Å²) in [7, 11) is 0. The van der Waals surface area contributed by atoms with Gasteiger partial charge in [0, 0.05) is 35.7 Å². The summed E-state index contributed by atoms with van der Waals surface area (Å²) in [6, 6.07) is 15.2. The van der Waals surface area contributed by atoms with Gasteiger partial charge in [0.25, 0.3) is 5.91 Å². The van der Waals surface area contributed by atoms with Crippen molar-refractivity contribution in [3.05, 3.63) is 64.5 Å². The van der Waals surface area contributed by atoms with Crippen LogP contribution >= 0.6 is 0 Å². The molecule has 1 aliphatic heterocycles. The Kier molecular flexibility index (Phi) is 6.35. The molecule has 0 aliphatic carbocycles. The highest BCUT2D eigenvalue weighted by atomic mass is 16.5. The van der Waals surface area contributed by atoms with Crippen LogP contribution in [-0.4, -0.2) is 29.5 Å². The number of carbonyl (C=O) groups excluding carboxylic acids is 1. The number of hydrogen-bond acceptors (Lipinski definition) is 4. The summed E-state index contributed by atoms with van der Waals surface area (Å²) < 4.78 is 11.5. The van der Waals surface area contributed by atoms with E-state index < -0.39 is 11.7 Å². The molecule has 0 radical (unpaired) electrons. The van der Waals surface area contributed by atoms with Crippen LogP contribution in [0.3, 0.4) is 0 Å². The molecule has 5 heteroatoms. The van der Waals surface area contributed by atoms with Crippen LogP contribution in [0, 0.1) is 12.8 Å². The molecule has 3 unspecified atom stereocenters. The van der Waals surface area contributed by atoms with Gasteiger partial charge in [-0.3, -0.25) is 4.79 Å². The highest BCUT2D eigenvalue weighted by Gasteiger charge is 2.33. The zero-order chi connectivity index (χ0) is 22.8. The highest BCUT2D eigenvalue weighted by Crippen LogP contribution is 2.32. The SMILES string of the molecule is CCC1C(C)CCCN1C(=O)C(C)Oc1ccc2c(-c3ccccc3C)cc(=O)oc2c1. The van der Waals surface area contributed by atoms with Gasteiger partial charge < -0.3 is 14.1 Å². The Morgan fingerprint density at radius 1 is 1.19 bits per heavy atom. The van der Waals surface area contributed by atoms with Crippen LogP contribution in [0.2, 0.25) is 0 Å². The van der Waals surface area contributed by atoms with Gasteiger partial charge >= 0.3 is 5.63 Å². The molecule has 0 saturated carbocycles. The van der Waals surface area contributed by atoms with Gasteiger partial charge in [0.2, 0.25) is 0 Å². The molecule has 3 aromatic rings. The van der Waals surface area contributed by atoms with E-state index >= 15 is 0 Å². The zero-order valence-corrected chi connectivity index (χ0v) is 19.3. The summed E-state index contributed by atoms with van der Waals surface area (Å²) >= 11 is 0. The van der Waals surface area contributed by atoms with Gasteiger partial charge in [0.15, 0.2) is 6.10 Å². The predicted octanol–water partition coefficient (Wildman–Crippen LogP) is 5.57.